The second kappa shape index (κ2) is 20.2. The van der Waals surface area contributed by atoms with Gasteiger partial charge in [-0.25, -0.2) is 9.59 Å². The summed E-state index contributed by atoms with van der Waals surface area (Å²) in [5, 5.41) is 13.5. The highest BCUT2D eigenvalue weighted by molar-refractivity contribution is 5.91. The summed E-state index contributed by atoms with van der Waals surface area (Å²) in [5.74, 6) is -0.158. The van der Waals surface area contributed by atoms with Crippen molar-refractivity contribution in [1.82, 2.24) is 29.4 Å². The Balaban J connectivity index is 0.880. The predicted octanol–water partition coefficient (Wildman–Crippen LogP) is 3.49. The fraction of sp³-hybridized carbons (Fsp3) is 0.636. The van der Waals surface area contributed by atoms with Gasteiger partial charge >= 0.3 is 18.1 Å². The molecule has 0 bridgehead atoms. The van der Waals surface area contributed by atoms with E-state index < -0.39 is 12.2 Å². The van der Waals surface area contributed by atoms with Gasteiger partial charge in [0.1, 0.15) is 5.75 Å². The Labute approximate surface area is 348 Å². The third-order valence-corrected chi connectivity index (χ3v) is 12.8. The molecule has 1 atom stereocenters. The molecule has 7 rings (SSSR count). The van der Waals surface area contributed by atoms with Crippen molar-refractivity contribution in [2.24, 2.45) is 0 Å². The number of hydrogen-bond donors (Lipinski definition) is 2. The molecular weight excluding hydrogens is 755 g/mol. The van der Waals surface area contributed by atoms with Gasteiger partial charge in [-0.2, -0.15) is 0 Å². The van der Waals surface area contributed by atoms with Gasteiger partial charge in [0, 0.05) is 103 Å². The molecule has 5 aliphatic heterocycles. The standard InChI is InChI=1S/C44H63N7O8/c1-32-28-34(29-33(2)41(32)53)30-39(59-44(56)50-16-11-37(12-17-50)51-18-8-35-6-3-4-7-38(35)45-43(51)55)42(54)49-21-19-48(20-22-49)36-9-14-47(15-10-36)31-40(52)58-25-5-13-46-23-26-57-27-24-46/h3-4,6-7,28-29,36-37,39,53H,5,8-27,30-31H2,1-2H3,(H,45,55)/t39-/m1/s1. The smallest absolute Gasteiger partial charge is 0.410 e. The number of benzene rings is 2. The van der Waals surface area contributed by atoms with E-state index in [2.05, 4.69) is 20.0 Å². The minimum absolute atomic E-state index is 0.00494. The maximum Gasteiger partial charge on any atom is 0.410 e. The van der Waals surface area contributed by atoms with Crippen molar-refractivity contribution in [3.05, 3.63) is 58.7 Å². The summed E-state index contributed by atoms with van der Waals surface area (Å²) in [6.45, 7) is 14.4. The number of likely N-dealkylation sites (tertiary alicyclic amines) is 2. The van der Waals surface area contributed by atoms with Crippen molar-refractivity contribution >= 4 is 29.7 Å². The monoisotopic (exact) mass is 817 g/mol. The highest BCUT2D eigenvalue weighted by Gasteiger charge is 2.37. The third kappa shape index (κ3) is 11.2. The van der Waals surface area contributed by atoms with Gasteiger partial charge in [0.05, 0.1) is 26.4 Å². The van der Waals surface area contributed by atoms with E-state index in [1.165, 1.54) is 0 Å². The van der Waals surface area contributed by atoms with E-state index in [0.717, 1.165) is 102 Å². The van der Waals surface area contributed by atoms with Crippen LogP contribution in [0.3, 0.4) is 0 Å². The quantitative estimate of drug-likeness (QED) is 0.240. The molecule has 2 N–H and O–H groups in total. The van der Waals surface area contributed by atoms with Gasteiger partial charge in [-0.15, -0.1) is 0 Å². The molecule has 0 unspecified atom stereocenters. The fourth-order valence-corrected chi connectivity index (χ4v) is 9.33. The molecular formula is C44H63N7O8. The van der Waals surface area contributed by atoms with Crippen LogP contribution in [-0.4, -0.2) is 182 Å². The molecule has 0 radical (unpaired) electrons. The summed E-state index contributed by atoms with van der Waals surface area (Å²) >= 11 is 0. The average molecular weight is 818 g/mol. The summed E-state index contributed by atoms with van der Waals surface area (Å²) < 4.78 is 17.0. The number of esters is 1. The van der Waals surface area contributed by atoms with Crippen LogP contribution < -0.4 is 5.32 Å². The van der Waals surface area contributed by atoms with Crippen LogP contribution in [-0.2, 0) is 36.6 Å². The number of morpholine rings is 1. The number of amides is 4. The number of rotatable bonds is 12. The van der Waals surface area contributed by atoms with Crippen molar-refractivity contribution in [3.63, 3.8) is 0 Å². The zero-order chi connectivity index (χ0) is 41.3. The Morgan fingerprint density at radius 1 is 0.831 bits per heavy atom. The molecule has 15 nitrogen and oxygen atoms in total. The minimum atomic E-state index is -1.02. The zero-order valence-electron chi connectivity index (χ0n) is 34.9. The lowest BCUT2D eigenvalue weighted by atomic mass is 10.00. The molecule has 59 heavy (non-hydrogen) atoms. The summed E-state index contributed by atoms with van der Waals surface area (Å²) in [5.41, 5.74) is 4.19. The van der Waals surface area contributed by atoms with E-state index in [9.17, 15) is 24.3 Å². The van der Waals surface area contributed by atoms with E-state index >= 15 is 0 Å². The number of anilines is 1. The van der Waals surface area contributed by atoms with Crippen LogP contribution in [0.1, 0.15) is 54.4 Å². The van der Waals surface area contributed by atoms with Gasteiger partial charge in [0.2, 0.25) is 0 Å². The molecule has 4 amide bonds. The first-order valence-electron chi connectivity index (χ1n) is 21.7. The number of aromatic hydroxyl groups is 1. The maximum absolute atomic E-state index is 14.2. The van der Waals surface area contributed by atoms with Crippen LogP contribution in [0.4, 0.5) is 15.3 Å². The number of phenolic OH excluding ortho intramolecular Hbond substituents is 1. The number of urea groups is 1. The SMILES string of the molecule is Cc1cc(C[C@@H](OC(=O)N2CCC(N3CCc4ccccc4NC3=O)CC2)C(=O)N2CCN(C3CCN(CC(=O)OCCCN4CCOCC4)CC3)CC2)cc(C)c1O. The molecule has 0 aliphatic carbocycles. The van der Waals surface area contributed by atoms with Crippen LogP contribution in [0, 0.1) is 13.8 Å². The number of hydrogen-bond acceptors (Lipinski definition) is 11. The number of carbonyl (C=O) groups is 4. The molecule has 2 aromatic carbocycles. The molecule has 4 saturated heterocycles. The average Bonchev–Trinajstić information content (AvgIpc) is 3.42. The largest absolute Gasteiger partial charge is 0.507 e. The van der Waals surface area contributed by atoms with Crippen molar-refractivity contribution in [2.45, 2.75) is 77.0 Å². The number of fused-ring (bicyclic) bond motifs is 1. The first-order valence-corrected chi connectivity index (χ1v) is 21.7. The molecule has 0 spiro atoms. The third-order valence-electron chi connectivity index (χ3n) is 12.8. The molecule has 0 aromatic heterocycles. The van der Waals surface area contributed by atoms with Crippen molar-refractivity contribution in [1.29, 1.82) is 0 Å². The summed E-state index contributed by atoms with van der Waals surface area (Å²) in [6.07, 6.45) is 3.39. The van der Waals surface area contributed by atoms with Crippen LogP contribution in [0.15, 0.2) is 36.4 Å². The lowest BCUT2D eigenvalue weighted by Crippen LogP contribution is -2.57. The number of ether oxygens (including phenoxy) is 3. The van der Waals surface area contributed by atoms with Gasteiger partial charge in [-0.3, -0.25) is 24.3 Å². The molecule has 5 aliphatic rings. The first kappa shape index (κ1) is 42.7. The van der Waals surface area contributed by atoms with Crippen molar-refractivity contribution in [3.8, 4) is 5.75 Å². The van der Waals surface area contributed by atoms with Gasteiger partial charge < -0.3 is 39.3 Å². The van der Waals surface area contributed by atoms with Gasteiger partial charge in [0.15, 0.2) is 6.10 Å². The Morgan fingerprint density at radius 2 is 1.51 bits per heavy atom. The summed E-state index contributed by atoms with van der Waals surface area (Å²) in [4.78, 5) is 66.0. The van der Waals surface area contributed by atoms with Crippen molar-refractivity contribution in [2.75, 3.05) is 110 Å². The molecule has 322 valence electrons. The Hall–Kier alpha value is -4.44. The van der Waals surface area contributed by atoms with Crippen LogP contribution in [0.5, 0.6) is 5.75 Å². The zero-order valence-corrected chi connectivity index (χ0v) is 34.9. The lowest BCUT2D eigenvalue weighted by molar-refractivity contribution is -0.145. The molecule has 15 heteroatoms. The van der Waals surface area contributed by atoms with E-state index in [0.29, 0.717) is 75.9 Å². The fourth-order valence-electron chi connectivity index (χ4n) is 9.33. The molecule has 2 aromatic rings. The summed E-state index contributed by atoms with van der Waals surface area (Å²) in [6, 6.07) is 11.8. The first-order chi connectivity index (χ1) is 28.6. The van der Waals surface area contributed by atoms with E-state index in [-0.39, 0.29) is 36.1 Å². The van der Waals surface area contributed by atoms with Crippen LogP contribution >= 0.6 is 0 Å². The van der Waals surface area contributed by atoms with Gasteiger partial charge in [-0.05, 0) is 80.7 Å². The summed E-state index contributed by atoms with van der Waals surface area (Å²) in [7, 11) is 0. The Morgan fingerprint density at radius 3 is 2.22 bits per heavy atom. The van der Waals surface area contributed by atoms with E-state index in [4.69, 9.17) is 14.2 Å². The molecule has 0 saturated carbocycles. The van der Waals surface area contributed by atoms with E-state index in [1.807, 2.05) is 60.0 Å². The van der Waals surface area contributed by atoms with Crippen LogP contribution in [0.25, 0.3) is 0 Å². The normalized spacial score (nSPS) is 21.1. The number of nitrogens with one attached hydrogen (secondary N) is 1. The molecule has 5 heterocycles. The van der Waals surface area contributed by atoms with Crippen molar-refractivity contribution < 1.29 is 38.5 Å². The molecule has 4 fully saturated rings. The maximum atomic E-state index is 14.2. The second-order valence-corrected chi connectivity index (χ2v) is 16.8. The van der Waals surface area contributed by atoms with Gasteiger partial charge in [0.25, 0.3) is 5.91 Å². The van der Waals surface area contributed by atoms with Crippen LogP contribution in [0.2, 0.25) is 0 Å². The number of piperazine rings is 1. The topological polar surface area (TPSA) is 148 Å². The number of aryl methyl sites for hydroxylation is 2. The predicted molar refractivity (Wildman–Crippen MR) is 222 cm³/mol. The number of piperidine rings is 2. The van der Waals surface area contributed by atoms with E-state index in [1.54, 1.807) is 4.90 Å². The lowest BCUT2D eigenvalue weighted by Gasteiger charge is -2.43. The van der Waals surface area contributed by atoms with Gasteiger partial charge in [-0.1, -0.05) is 30.3 Å². The number of phenols is 1. The number of carbonyl (C=O) groups excluding carboxylic acids is 4. The highest BCUT2D eigenvalue weighted by atomic mass is 16.6. The second-order valence-electron chi connectivity index (χ2n) is 16.8. The highest BCUT2D eigenvalue weighted by Crippen LogP contribution is 2.27. The number of nitrogens with zero attached hydrogens (tertiary/aromatic N) is 6. The Kier molecular flexibility index (Phi) is 14.6. The Bertz CT molecular complexity index is 1740. The minimum Gasteiger partial charge on any atom is -0.507 e. The number of para-hydroxylation sites is 1.